The minimum absolute atomic E-state index is 0.264. The molecule has 24 heavy (non-hydrogen) atoms. The maximum Gasteiger partial charge on any atom is 0.311 e. The molecule has 7 nitrogen and oxygen atoms in total. The Morgan fingerprint density at radius 3 is 2.33 bits per heavy atom. The number of methoxy groups -OCH3 is 2. The normalized spacial score (nSPS) is 15.0. The molecule has 2 amide bonds. The van der Waals surface area contributed by atoms with Crippen LogP contribution in [0.15, 0.2) is 18.2 Å². The molecule has 0 aliphatic carbocycles. The number of rotatable bonds is 5. The van der Waals surface area contributed by atoms with Crippen LogP contribution in [-0.4, -0.2) is 68.6 Å². The molecule has 7 heteroatoms. The highest BCUT2D eigenvalue weighted by Crippen LogP contribution is 2.27. The monoisotopic (exact) mass is 335 g/mol. The molecule has 0 atom stereocenters. The highest BCUT2D eigenvalue weighted by molar-refractivity contribution is 6.35. The number of carbonyl (C=O) groups is 2. The van der Waals surface area contributed by atoms with Gasteiger partial charge in [-0.1, -0.05) is 13.0 Å². The Hall–Kier alpha value is -2.28. The standard InChI is InChI=1S/C17H25N3O4/c1-4-19-7-9-20(10-8-19)17(22)16(21)18-12-13-5-6-14(23-2)15(11-13)24-3/h5-6,11H,4,7-10,12H2,1-3H3,(H,18,21). The number of ether oxygens (including phenoxy) is 2. The van der Waals surface area contributed by atoms with Gasteiger partial charge in [-0.25, -0.2) is 0 Å². The molecule has 1 N–H and O–H groups in total. The fourth-order valence-electron chi connectivity index (χ4n) is 2.66. The van der Waals surface area contributed by atoms with E-state index in [-0.39, 0.29) is 6.54 Å². The number of likely N-dealkylation sites (N-methyl/N-ethyl adjacent to an activating group) is 1. The maximum absolute atomic E-state index is 12.2. The van der Waals surface area contributed by atoms with Crippen LogP contribution < -0.4 is 14.8 Å². The van der Waals surface area contributed by atoms with Crippen molar-refractivity contribution in [3.8, 4) is 11.5 Å². The van der Waals surface area contributed by atoms with Gasteiger partial charge in [0.2, 0.25) is 0 Å². The zero-order valence-corrected chi connectivity index (χ0v) is 14.5. The summed E-state index contributed by atoms with van der Waals surface area (Å²) in [6.07, 6.45) is 0. The molecule has 1 aromatic carbocycles. The lowest BCUT2D eigenvalue weighted by molar-refractivity contribution is -0.147. The molecule has 1 heterocycles. The van der Waals surface area contributed by atoms with E-state index in [4.69, 9.17) is 9.47 Å². The summed E-state index contributed by atoms with van der Waals surface area (Å²) < 4.78 is 10.4. The van der Waals surface area contributed by atoms with Gasteiger partial charge in [0.1, 0.15) is 0 Å². The molecule has 1 aromatic rings. The van der Waals surface area contributed by atoms with E-state index >= 15 is 0 Å². The summed E-state index contributed by atoms with van der Waals surface area (Å²) in [5.41, 5.74) is 0.838. The quantitative estimate of drug-likeness (QED) is 0.793. The van der Waals surface area contributed by atoms with Gasteiger partial charge in [0.05, 0.1) is 14.2 Å². The lowest BCUT2D eigenvalue weighted by atomic mass is 10.2. The van der Waals surface area contributed by atoms with Crippen molar-refractivity contribution in [1.29, 1.82) is 0 Å². The van der Waals surface area contributed by atoms with Gasteiger partial charge in [-0.3, -0.25) is 9.59 Å². The predicted octanol–water partition coefficient (Wildman–Crippen LogP) is 0.484. The third-order valence-electron chi connectivity index (χ3n) is 4.20. The number of carbonyl (C=O) groups excluding carboxylic acids is 2. The second-order valence-corrected chi connectivity index (χ2v) is 5.60. The van der Waals surface area contributed by atoms with Crippen molar-refractivity contribution in [2.24, 2.45) is 0 Å². The van der Waals surface area contributed by atoms with Crippen LogP contribution in [0.5, 0.6) is 11.5 Å². The van der Waals surface area contributed by atoms with Gasteiger partial charge in [-0.15, -0.1) is 0 Å². The summed E-state index contributed by atoms with van der Waals surface area (Å²) in [6.45, 7) is 6.13. The van der Waals surface area contributed by atoms with E-state index in [1.165, 1.54) is 0 Å². The van der Waals surface area contributed by atoms with Crippen LogP contribution in [0.3, 0.4) is 0 Å². The molecular weight excluding hydrogens is 310 g/mol. The molecule has 0 bridgehead atoms. The molecule has 0 unspecified atom stereocenters. The van der Waals surface area contributed by atoms with Gasteiger partial charge in [0, 0.05) is 32.7 Å². The van der Waals surface area contributed by atoms with E-state index in [0.29, 0.717) is 24.6 Å². The fourth-order valence-corrected chi connectivity index (χ4v) is 2.66. The number of hydrogen-bond acceptors (Lipinski definition) is 5. The van der Waals surface area contributed by atoms with Crippen molar-refractivity contribution >= 4 is 11.8 Å². The number of nitrogens with one attached hydrogen (secondary N) is 1. The second kappa shape index (κ2) is 8.54. The van der Waals surface area contributed by atoms with E-state index < -0.39 is 11.8 Å². The lowest BCUT2D eigenvalue weighted by Crippen LogP contribution is -2.52. The average Bonchev–Trinajstić information content (AvgIpc) is 2.65. The molecule has 1 aliphatic heterocycles. The minimum atomic E-state index is -0.574. The van der Waals surface area contributed by atoms with E-state index in [1.807, 2.05) is 6.07 Å². The van der Waals surface area contributed by atoms with Crippen molar-refractivity contribution in [3.63, 3.8) is 0 Å². The Morgan fingerprint density at radius 2 is 1.75 bits per heavy atom. The maximum atomic E-state index is 12.2. The van der Waals surface area contributed by atoms with Crippen molar-refractivity contribution in [2.75, 3.05) is 46.9 Å². The second-order valence-electron chi connectivity index (χ2n) is 5.60. The van der Waals surface area contributed by atoms with E-state index in [0.717, 1.165) is 25.2 Å². The lowest BCUT2D eigenvalue weighted by Gasteiger charge is -2.33. The Morgan fingerprint density at radius 1 is 1.08 bits per heavy atom. The van der Waals surface area contributed by atoms with Crippen molar-refractivity contribution < 1.29 is 19.1 Å². The van der Waals surface area contributed by atoms with Crippen LogP contribution in [0, 0.1) is 0 Å². The summed E-state index contributed by atoms with van der Waals surface area (Å²) in [5.74, 6) is 0.171. The third-order valence-corrected chi connectivity index (χ3v) is 4.20. The topological polar surface area (TPSA) is 71.1 Å². The third kappa shape index (κ3) is 4.38. The Balaban J connectivity index is 1.87. The zero-order valence-electron chi connectivity index (χ0n) is 14.5. The SMILES string of the molecule is CCN1CCN(C(=O)C(=O)NCc2ccc(OC)c(OC)c2)CC1. The molecule has 1 aliphatic rings. The Labute approximate surface area is 142 Å². The molecule has 132 valence electrons. The number of hydrogen-bond donors (Lipinski definition) is 1. The van der Waals surface area contributed by atoms with Crippen LogP contribution in [0.1, 0.15) is 12.5 Å². The molecule has 0 saturated carbocycles. The first-order chi connectivity index (χ1) is 11.6. The molecule has 2 rings (SSSR count). The Kier molecular flexibility index (Phi) is 6.43. The van der Waals surface area contributed by atoms with Gasteiger partial charge in [0.25, 0.3) is 0 Å². The van der Waals surface area contributed by atoms with Crippen LogP contribution in [0.2, 0.25) is 0 Å². The summed E-state index contributed by atoms with van der Waals surface area (Å²) in [6, 6.07) is 5.38. The largest absolute Gasteiger partial charge is 0.493 e. The first-order valence-corrected chi connectivity index (χ1v) is 8.09. The summed E-state index contributed by atoms with van der Waals surface area (Å²) in [7, 11) is 3.12. The van der Waals surface area contributed by atoms with Gasteiger partial charge in [0.15, 0.2) is 11.5 Å². The first-order valence-electron chi connectivity index (χ1n) is 8.09. The number of amides is 2. The predicted molar refractivity (Wildman–Crippen MR) is 90.1 cm³/mol. The summed E-state index contributed by atoms with van der Waals surface area (Å²) >= 11 is 0. The van der Waals surface area contributed by atoms with Crippen molar-refractivity contribution in [1.82, 2.24) is 15.1 Å². The summed E-state index contributed by atoms with van der Waals surface area (Å²) in [5, 5.41) is 2.67. The van der Waals surface area contributed by atoms with Crippen molar-refractivity contribution in [3.05, 3.63) is 23.8 Å². The van der Waals surface area contributed by atoms with Crippen LogP contribution in [0.4, 0.5) is 0 Å². The van der Waals surface area contributed by atoms with E-state index in [9.17, 15) is 9.59 Å². The first kappa shape index (κ1) is 18.1. The molecule has 1 saturated heterocycles. The van der Waals surface area contributed by atoms with E-state index in [1.54, 1.807) is 31.3 Å². The molecule has 1 fully saturated rings. The zero-order chi connectivity index (χ0) is 17.5. The van der Waals surface area contributed by atoms with Gasteiger partial charge in [-0.05, 0) is 24.2 Å². The fraction of sp³-hybridized carbons (Fsp3) is 0.529. The van der Waals surface area contributed by atoms with Crippen LogP contribution in [-0.2, 0) is 16.1 Å². The van der Waals surface area contributed by atoms with E-state index in [2.05, 4.69) is 17.1 Å². The molecule has 0 aromatic heterocycles. The number of piperazine rings is 1. The average molecular weight is 335 g/mol. The highest BCUT2D eigenvalue weighted by Gasteiger charge is 2.25. The van der Waals surface area contributed by atoms with Crippen molar-refractivity contribution in [2.45, 2.75) is 13.5 Å². The van der Waals surface area contributed by atoms with Crippen LogP contribution >= 0.6 is 0 Å². The number of benzene rings is 1. The summed E-state index contributed by atoms with van der Waals surface area (Å²) in [4.78, 5) is 28.1. The smallest absolute Gasteiger partial charge is 0.311 e. The van der Waals surface area contributed by atoms with Crippen LogP contribution in [0.25, 0.3) is 0 Å². The number of nitrogens with zero attached hydrogens (tertiary/aromatic N) is 2. The molecule has 0 spiro atoms. The van der Waals surface area contributed by atoms with Gasteiger partial charge < -0.3 is 24.6 Å². The Bertz CT molecular complexity index is 583. The van der Waals surface area contributed by atoms with Gasteiger partial charge in [-0.2, -0.15) is 0 Å². The minimum Gasteiger partial charge on any atom is -0.493 e. The molecular formula is C17H25N3O4. The molecule has 0 radical (unpaired) electrons. The highest BCUT2D eigenvalue weighted by atomic mass is 16.5. The van der Waals surface area contributed by atoms with Gasteiger partial charge >= 0.3 is 11.8 Å².